The van der Waals surface area contributed by atoms with Crippen molar-refractivity contribution in [2.45, 2.75) is 32.2 Å². The van der Waals surface area contributed by atoms with Gasteiger partial charge in [0.15, 0.2) is 0 Å². The zero-order valence-electron chi connectivity index (χ0n) is 17.4. The standard InChI is InChI=1S/C22H29FN4O3/c1-2-25-7-9-26(10-8-25)20-13-19-16(12-18(20)23)21(28)17(14-27(19)15-4-5-15)22(29)30-11-3-6-24/h12-15H,2-11,24H2,1H3. The number of esters is 1. The third kappa shape index (κ3) is 4.06. The number of hydrogen-bond acceptors (Lipinski definition) is 6. The van der Waals surface area contributed by atoms with Crippen molar-refractivity contribution >= 4 is 22.6 Å². The molecule has 1 aliphatic heterocycles. The van der Waals surface area contributed by atoms with Gasteiger partial charge in [-0.25, -0.2) is 9.18 Å². The monoisotopic (exact) mass is 416 g/mol. The summed E-state index contributed by atoms with van der Waals surface area (Å²) in [7, 11) is 0. The number of carbonyl (C=O) groups is 1. The number of benzene rings is 1. The van der Waals surface area contributed by atoms with Gasteiger partial charge in [-0.2, -0.15) is 0 Å². The summed E-state index contributed by atoms with van der Waals surface area (Å²) in [5.41, 5.74) is 6.10. The minimum absolute atomic E-state index is 0.0462. The van der Waals surface area contributed by atoms with Crippen molar-refractivity contribution in [1.82, 2.24) is 9.47 Å². The second-order valence-electron chi connectivity index (χ2n) is 8.03. The van der Waals surface area contributed by atoms with Crippen LogP contribution in [0.25, 0.3) is 10.9 Å². The molecule has 0 bridgehead atoms. The number of piperazine rings is 1. The van der Waals surface area contributed by atoms with E-state index in [0.29, 0.717) is 24.2 Å². The molecule has 1 saturated carbocycles. The maximum atomic E-state index is 15.1. The highest BCUT2D eigenvalue weighted by atomic mass is 19.1. The van der Waals surface area contributed by atoms with Crippen LogP contribution in [-0.2, 0) is 4.74 Å². The van der Waals surface area contributed by atoms with Crippen LogP contribution in [0.2, 0.25) is 0 Å². The van der Waals surface area contributed by atoms with Crippen molar-refractivity contribution in [3.05, 3.63) is 39.9 Å². The maximum Gasteiger partial charge on any atom is 0.343 e. The minimum atomic E-state index is -0.676. The molecule has 1 aliphatic carbocycles. The van der Waals surface area contributed by atoms with Crippen LogP contribution >= 0.6 is 0 Å². The predicted octanol–water partition coefficient (Wildman–Crippen LogP) is 2.12. The van der Waals surface area contributed by atoms with Gasteiger partial charge in [-0.05, 0) is 44.5 Å². The van der Waals surface area contributed by atoms with Gasteiger partial charge in [0.1, 0.15) is 11.4 Å². The fourth-order valence-electron chi connectivity index (χ4n) is 4.03. The van der Waals surface area contributed by atoms with E-state index in [-0.39, 0.29) is 23.6 Å². The Balaban J connectivity index is 1.73. The summed E-state index contributed by atoms with van der Waals surface area (Å²) < 4.78 is 22.2. The molecule has 0 amide bonds. The van der Waals surface area contributed by atoms with Crippen LogP contribution < -0.4 is 16.1 Å². The average Bonchev–Trinajstić information content (AvgIpc) is 3.59. The highest BCUT2D eigenvalue weighted by molar-refractivity contribution is 5.94. The third-order valence-corrected chi connectivity index (χ3v) is 6.00. The Bertz CT molecular complexity index is 994. The number of halogens is 1. The zero-order valence-corrected chi connectivity index (χ0v) is 17.4. The molecule has 0 radical (unpaired) electrons. The lowest BCUT2D eigenvalue weighted by Gasteiger charge is -2.35. The summed E-state index contributed by atoms with van der Waals surface area (Å²) in [5.74, 6) is -1.11. The lowest BCUT2D eigenvalue weighted by Crippen LogP contribution is -2.46. The van der Waals surface area contributed by atoms with Crippen molar-refractivity contribution < 1.29 is 13.9 Å². The van der Waals surface area contributed by atoms with Crippen molar-refractivity contribution in [3.63, 3.8) is 0 Å². The molecule has 162 valence electrons. The average molecular weight is 416 g/mol. The molecule has 2 aromatic rings. The summed E-state index contributed by atoms with van der Waals surface area (Å²) in [6.45, 7) is 6.93. The molecule has 1 saturated heterocycles. The summed E-state index contributed by atoms with van der Waals surface area (Å²) in [6.07, 6.45) is 4.06. The lowest BCUT2D eigenvalue weighted by molar-refractivity contribution is 0.0500. The Labute approximate surface area is 175 Å². The number of nitrogens with two attached hydrogens (primary N) is 1. The van der Waals surface area contributed by atoms with Gasteiger partial charge in [-0.15, -0.1) is 0 Å². The van der Waals surface area contributed by atoms with Gasteiger partial charge in [-0.1, -0.05) is 6.92 Å². The predicted molar refractivity (Wildman–Crippen MR) is 115 cm³/mol. The molecule has 2 aliphatic rings. The molecule has 7 nitrogen and oxygen atoms in total. The molecule has 2 N–H and O–H groups in total. The summed E-state index contributed by atoms with van der Waals surface area (Å²) in [6, 6.07) is 3.28. The number of hydrogen-bond donors (Lipinski definition) is 1. The van der Waals surface area contributed by atoms with Crippen LogP contribution in [0.15, 0.2) is 23.1 Å². The molecule has 0 unspecified atom stereocenters. The van der Waals surface area contributed by atoms with E-state index in [4.69, 9.17) is 10.5 Å². The number of pyridine rings is 1. The first kappa shape index (κ1) is 20.8. The molecule has 2 heterocycles. The highest BCUT2D eigenvalue weighted by Crippen LogP contribution is 2.38. The fourth-order valence-corrected chi connectivity index (χ4v) is 4.03. The van der Waals surface area contributed by atoms with Crippen LogP contribution in [-0.4, -0.2) is 61.3 Å². The summed E-state index contributed by atoms with van der Waals surface area (Å²) >= 11 is 0. The number of ether oxygens (including phenoxy) is 1. The van der Waals surface area contributed by atoms with Crippen LogP contribution in [0, 0.1) is 5.82 Å². The summed E-state index contributed by atoms with van der Waals surface area (Å²) in [4.78, 5) is 29.8. The topological polar surface area (TPSA) is 80.8 Å². The molecule has 1 aromatic heterocycles. The SMILES string of the molecule is CCN1CCN(c2cc3c(cc2F)c(=O)c(C(=O)OCCCN)cn3C2CC2)CC1. The quantitative estimate of drug-likeness (QED) is 0.550. The van der Waals surface area contributed by atoms with Crippen molar-refractivity contribution in [3.8, 4) is 0 Å². The molecule has 2 fully saturated rings. The molecule has 4 rings (SSSR count). The van der Waals surface area contributed by atoms with Crippen molar-refractivity contribution in [2.75, 3.05) is 50.8 Å². The van der Waals surface area contributed by atoms with E-state index in [2.05, 4.69) is 11.8 Å². The Hall–Kier alpha value is -2.45. The van der Waals surface area contributed by atoms with Gasteiger partial charge in [0.05, 0.1) is 17.8 Å². The molecular formula is C22H29FN4O3. The zero-order chi connectivity index (χ0) is 21.3. The first-order chi connectivity index (χ1) is 14.5. The third-order valence-electron chi connectivity index (χ3n) is 6.00. The van der Waals surface area contributed by atoms with Gasteiger partial charge in [0, 0.05) is 43.8 Å². The minimum Gasteiger partial charge on any atom is -0.462 e. The number of aromatic nitrogens is 1. The summed E-state index contributed by atoms with van der Waals surface area (Å²) in [5, 5.41) is 0.226. The number of carbonyl (C=O) groups excluding carboxylic acids is 1. The normalized spacial score (nSPS) is 17.5. The first-order valence-corrected chi connectivity index (χ1v) is 10.8. The number of likely N-dealkylation sites (N-methyl/N-ethyl adjacent to an activating group) is 1. The Morgan fingerprint density at radius 3 is 2.60 bits per heavy atom. The van der Waals surface area contributed by atoms with Gasteiger partial charge in [-0.3, -0.25) is 4.79 Å². The number of nitrogens with zero attached hydrogens (tertiary/aromatic N) is 3. The van der Waals surface area contributed by atoms with E-state index < -0.39 is 17.2 Å². The van der Waals surface area contributed by atoms with Crippen LogP contribution in [0.1, 0.15) is 42.6 Å². The number of rotatable bonds is 7. The molecule has 30 heavy (non-hydrogen) atoms. The van der Waals surface area contributed by atoms with Crippen molar-refractivity contribution in [2.24, 2.45) is 5.73 Å². The molecule has 1 aromatic carbocycles. The van der Waals surface area contributed by atoms with E-state index in [0.717, 1.165) is 45.6 Å². The lowest BCUT2D eigenvalue weighted by atomic mass is 10.1. The molecule has 0 spiro atoms. The van der Waals surface area contributed by atoms with Gasteiger partial charge < -0.3 is 24.8 Å². The smallest absolute Gasteiger partial charge is 0.343 e. The Morgan fingerprint density at radius 1 is 1.23 bits per heavy atom. The van der Waals surface area contributed by atoms with E-state index in [1.54, 1.807) is 12.3 Å². The van der Waals surface area contributed by atoms with Crippen LogP contribution in [0.5, 0.6) is 0 Å². The Morgan fingerprint density at radius 2 is 1.97 bits per heavy atom. The highest BCUT2D eigenvalue weighted by Gasteiger charge is 2.28. The van der Waals surface area contributed by atoms with E-state index in [1.807, 2.05) is 9.47 Å². The van der Waals surface area contributed by atoms with Gasteiger partial charge in [0.2, 0.25) is 5.43 Å². The van der Waals surface area contributed by atoms with Crippen molar-refractivity contribution in [1.29, 1.82) is 0 Å². The van der Waals surface area contributed by atoms with E-state index >= 15 is 4.39 Å². The fraction of sp³-hybridized carbons (Fsp3) is 0.545. The van der Waals surface area contributed by atoms with E-state index in [9.17, 15) is 9.59 Å². The second-order valence-corrected chi connectivity index (χ2v) is 8.03. The number of fused-ring (bicyclic) bond motifs is 1. The molecule has 8 heteroatoms. The Kier molecular flexibility index (Phi) is 6.06. The number of anilines is 1. The first-order valence-electron chi connectivity index (χ1n) is 10.8. The van der Waals surface area contributed by atoms with Crippen LogP contribution in [0.4, 0.5) is 10.1 Å². The molecular weight excluding hydrogens is 387 g/mol. The van der Waals surface area contributed by atoms with Crippen LogP contribution in [0.3, 0.4) is 0 Å². The second kappa shape index (κ2) is 8.73. The maximum absolute atomic E-state index is 15.1. The van der Waals surface area contributed by atoms with E-state index in [1.165, 1.54) is 6.07 Å². The molecule has 0 atom stereocenters. The van der Waals surface area contributed by atoms with Gasteiger partial charge >= 0.3 is 5.97 Å². The van der Waals surface area contributed by atoms with Gasteiger partial charge in [0.25, 0.3) is 0 Å². The largest absolute Gasteiger partial charge is 0.462 e.